The Labute approximate surface area is 169 Å². The summed E-state index contributed by atoms with van der Waals surface area (Å²) in [6.45, 7) is 2.94. The van der Waals surface area contributed by atoms with E-state index >= 15 is 0 Å². The summed E-state index contributed by atoms with van der Waals surface area (Å²) in [5.41, 5.74) is 4.23. The van der Waals surface area contributed by atoms with Gasteiger partial charge in [0.1, 0.15) is 0 Å². The number of β-amino-alcohol motifs (C(OH)–C–C–N with tert-alkyl or cyclic N) is 1. The van der Waals surface area contributed by atoms with Gasteiger partial charge in [-0.2, -0.15) is 0 Å². The molecule has 5 heteroatoms. The van der Waals surface area contributed by atoms with E-state index in [1.165, 1.54) is 9.79 Å². The predicted octanol–water partition coefficient (Wildman–Crippen LogP) is 5.72. The van der Waals surface area contributed by atoms with Crippen LogP contribution in [0.5, 0.6) is 0 Å². The average molecular weight is 397 g/mol. The lowest BCUT2D eigenvalue weighted by atomic mass is 10.2. The second kappa shape index (κ2) is 7.85. The Morgan fingerprint density at radius 1 is 1.00 bits per heavy atom. The Hall–Kier alpha value is -2.14. The minimum absolute atomic E-state index is 0.452. The molecule has 1 aliphatic heterocycles. The molecule has 27 heavy (non-hydrogen) atoms. The number of hydrogen-bond donors (Lipinski definition) is 2. The first-order chi connectivity index (χ1) is 13.1. The molecule has 0 aliphatic carbocycles. The summed E-state index contributed by atoms with van der Waals surface area (Å²) in [6, 6.07) is 22.5. The predicted molar refractivity (Wildman–Crippen MR) is 115 cm³/mol. The van der Waals surface area contributed by atoms with Crippen LogP contribution >= 0.6 is 23.4 Å². The lowest BCUT2D eigenvalue weighted by Crippen LogP contribution is -2.34. The Morgan fingerprint density at radius 2 is 1.63 bits per heavy atom. The summed E-state index contributed by atoms with van der Waals surface area (Å²) in [4.78, 5) is 4.62. The fourth-order valence-corrected chi connectivity index (χ4v) is 4.47. The number of nitrogens with one attached hydrogen (secondary N) is 1. The van der Waals surface area contributed by atoms with Crippen LogP contribution in [-0.2, 0) is 0 Å². The van der Waals surface area contributed by atoms with Gasteiger partial charge in [0.05, 0.1) is 24.0 Å². The maximum absolute atomic E-state index is 10.7. The number of fused-ring (bicyclic) bond motifs is 2. The molecular formula is C22H21ClN2OS. The number of hydrogen-bond acceptors (Lipinski definition) is 4. The van der Waals surface area contributed by atoms with Crippen molar-refractivity contribution in [1.82, 2.24) is 0 Å². The van der Waals surface area contributed by atoms with Gasteiger partial charge in [-0.1, -0.05) is 53.7 Å². The number of rotatable bonds is 5. The SMILES string of the molecule is Cc1ccc(NCC(O)CN2c3ccccc3Sc3ccccc32)cc1Cl. The van der Waals surface area contributed by atoms with Crippen LogP contribution in [0.1, 0.15) is 5.56 Å². The molecule has 0 bridgehead atoms. The summed E-state index contributed by atoms with van der Waals surface area (Å²) < 4.78 is 0. The van der Waals surface area contributed by atoms with Crippen molar-refractivity contribution in [2.24, 2.45) is 0 Å². The molecule has 4 rings (SSSR count). The quantitative estimate of drug-likeness (QED) is 0.577. The molecule has 0 spiro atoms. The smallest absolute Gasteiger partial charge is 0.0891 e. The third-order valence-corrected chi connectivity index (χ3v) is 6.18. The molecule has 0 amide bonds. The van der Waals surface area contributed by atoms with Gasteiger partial charge in [-0.15, -0.1) is 0 Å². The van der Waals surface area contributed by atoms with Gasteiger partial charge in [0.2, 0.25) is 0 Å². The normalized spacial score (nSPS) is 13.7. The topological polar surface area (TPSA) is 35.5 Å². The minimum atomic E-state index is -0.533. The van der Waals surface area contributed by atoms with Crippen LogP contribution in [0.4, 0.5) is 17.1 Å². The first-order valence-corrected chi connectivity index (χ1v) is 10.1. The fraction of sp³-hybridized carbons (Fsp3) is 0.182. The van der Waals surface area contributed by atoms with Gasteiger partial charge in [0.25, 0.3) is 0 Å². The van der Waals surface area contributed by atoms with E-state index in [-0.39, 0.29) is 0 Å². The summed E-state index contributed by atoms with van der Waals surface area (Å²) in [5, 5.41) is 14.7. The molecule has 0 fully saturated rings. The Morgan fingerprint density at radius 3 is 2.26 bits per heavy atom. The van der Waals surface area contributed by atoms with E-state index < -0.39 is 6.10 Å². The van der Waals surface area contributed by atoms with Gasteiger partial charge in [0, 0.05) is 27.0 Å². The Bertz CT molecular complexity index is 917. The molecule has 0 saturated carbocycles. The second-order valence-electron chi connectivity index (χ2n) is 6.65. The van der Waals surface area contributed by atoms with Crippen LogP contribution in [0, 0.1) is 6.92 Å². The zero-order chi connectivity index (χ0) is 18.8. The molecule has 1 atom stereocenters. The molecule has 3 nitrogen and oxygen atoms in total. The zero-order valence-corrected chi connectivity index (χ0v) is 16.6. The van der Waals surface area contributed by atoms with E-state index in [1.807, 2.05) is 37.3 Å². The van der Waals surface area contributed by atoms with Crippen molar-refractivity contribution in [3.05, 3.63) is 77.3 Å². The number of halogens is 1. The molecular weight excluding hydrogens is 376 g/mol. The van der Waals surface area contributed by atoms with Gasteiger partial charge in [-0.3, -0.25) is 0 Å². The first kappa shape index (κ1) is 18.2. The van der Waals surface area contributed by atoms with Crippen LogP contribution in [0.25, 0.3) is 0 Å². The largest absolute Gasteiger partial charge is 0.389 e. The number of anilines is 3. The molecule has 0 saturated heterocycles. The van der Waals surface area contributed by atoms with Crippen LogP contribution in [0.2, 0.25) is 5.02 Å². The summed E-state index contributed by atoms with van der Waals surface area (Å²) in [6.07, 6.45) is -0.533. The molecule has 1 aliphatic rings. The molecule has 1 unspecified atom stereocenters. The van der Waals surface area contributed by atoms with Crippen molar-refractivity contribution in [1.29, 1.82) is 0 Å². The fourth-order valence-electron chi connectivity index (χ4n) is 3.19. The van der Waals surface area contributed by atoms with E-state index in [2.05, 4.69) is 46.6 Å². The maximum atomic E-state index is 10.7. The van der Waals surface area contributed by atoms with Crippen molar-refractivity contribution in [3.8, 4) is 0 Å². The lowest BCUT2D eigenvalue weighted by Gasteiger charge is -2.34. The number of para-hydroxylation sites is 2. The van der Waals surface area contributed by atoms with E-state index in [1.54, 1.807) is 11.8 Å². The third-order valence-electron chi connectivity index (χ3n) is 4.64. The second-order valence-corrected chi connectivity index (χ2v) is 8.14. The van der Waals surface area contributed by atoms with Gasteiger partial charge in [-0.05, 0) is 48.9 Å². The van der Waals surface area contributed by atoms with Crippen molar-refractivity contribution < 1.29 is 5.11 Å². The van der Waals surface area contributed by atoms with Crippen molar-refractivity contribution >= 4 is 40.4 Å². The molecule has 2 N–H and O–H groups in total. The number of aliphatic hydroxyl groups is 1. The molecule has 1 heterocycles. The first-order valence-electron chi connectivity index (χ1n) is 8.93. The van der Waals surface area contributed by atoms with Crippen LogP contribution in [0.15, 0.2) is 76.5 Å². The summed E-state index contributed by atoms with van der Waals surface area (Å²) in [7, 11) is 0. The lowest BCUT2D eigenvalue weighted by molar-refractivity contribution is 0.195. The minimum Gasteiger partial charge on any atom is -0.389 e. The highest BCUT2D eigenvalue weighted by molar-refractivity contribution is 7.99. The van der Waals surface area contributed by atoms with Gasteiger partial charge in [0.15, 0.2) is 0 Å². The Kier molecular flexibility index (Phi) is 5.30. The van der Waals surface area contributed by atoms with E-state index in [0.29, 0.717) is 13.1 Å². The van der Waals surface area contributed by atoms with E-state index in [4.69, 9.17) is 11.6 Å². The maximum Gasteiger partial charge on any atom is 0.0891 e. The number of aryl methyl sites for hydroxylation is 1. The average Bonchev–Trinajstić information content (AvgIpc) is 2.68. The van der Waals surface area contributed by atoms with Gasteiger partial charge < -0.3 is 15.3 Å². The number of aliphatic hydroxyl groups excluding tert-OH is 1. The molecule has 0 radical (unpaired) electrons. The third kappa shape index (κ3) is 3.93. The van der Waals surface area contributed by atoms with Gasteiger partial charge >= 0.3 is 0 Å². The number of nitrogens with zero attached hydrogens (tertiary/aromatic N) is 1. The van der Waals surface area contributed by atoms with Crippen LogP contribution < -0.4 is 10.2 Å². The van der Waals surface area contributed by atoms with E-state index in [0.717, 1.165) is 27.6 Å². The van der Waals surface area contributed by atoms with Crippen LogP contribution in [-0.4, -0.2) is 24.3 Å². The highest BCUT2D eigenvalue weighted by Crippen LogP contribution is 2.47. The van der Waals surface area contributed by atoms with Crippen molar-refractivity contribution in [3.63, 3.8) is 0 Å². The zero-order valence-electron chi connectivity index (χ0n) is 15.0. The monoisotopic (exact) mass is 396 g/mol. The molecule has 0 aromatic heterocycles. The summed E-state index contributed by atoms with van der Waals surface area (Å²) >= 11 is 7.96. The standard InChI is InChI=1S/C22H21ClN2OS/c1-15-10-11-16(12-18(15)23)24-13-17(26)14-25-19-6-2-4-8-21(19)27-22-9-5-3-7-20(22)25/h2-12,17,24,26H,13-14H2,1H3. The van der Waals surface area contributed by atoms with Crippen molar-refractivity contribution in [2.45, 2.75) is 22.8 Å². The molecule has 3 aromatic rings. The Balaban J connectivity index is 1.51. The van der Waals surface area contributed by atoms with Crippen molar-refractivity contribution in [2.75, 3.05) is 23.3 Å². The van der Waals surface area contributed by atoms with Gasteiger partial charge in [-0.25, -0.2) is 0 Å². The molecule has 3 aromatic carbocycles. The highest BCUT2D eigenvalue weighted by Gasteiger charge is 2.24. The van der Waals surface area contributed by atoms with E-state index in [9.17, 15) is 5.11 Å². The summed E-state index contributed by atoms with van der Waals surface area (Å²) in [5.74, 6) is 0. The number of benzene rings is 3. The molecule has 138 valence electrons. The highest BCUT2D eigenvalue weighted by atomic mass is 35.5. The van der Waals surface area contributed by atoms with Crippen LogP contribution in [0.3, 0.4) is 0 Å².